The first kappa shape index (κ1) is 33.8. The maximum atomic E-state index is 12.3. The molecule has 4 rings (SSSR count). The van der Waals surface area contributed by atoms with Gasteiger partial charge >= 0.3 is 12.1 Å². The van der Waals surface area contributed by atoms with Crippen LogP contribution in [0.1, 0.15) is 64.7 Å². The van der Waals surface area contributed by atoms with E-state index in [9.17, 15) is 9.59 Å². The van der Waals surface area contributed by atoms with Crippen LogP contribution in [0.4, 0.5) is 4.79 Å². The van der Waals surface area contributed by atoms with Crippen molar-refractivity contribution < 1.29 is 23.8 Å². The molecule has 0 aliphatic carbocycles. The third kappa shape index (κ3) is 11.1. The van der Waals surface area contributed by atoms with Crippen molar-refractivity contribution in [3.63, 3.8) is 0 Å². The number of carbonyl (C=O) groups is 2. The quantitative estimate of drug-likeness (QED) is 0.133. The minimum absolute atomic E-state index is 0.238. The highest BCUT2D eigenvalue weighted by atomic mass is 16.6. The first-order chi connectivity index (χ1) is 21.4. The Morgan fingerprint density at radius 1 is 0.778 bits per heavy atom. The number of rotatable bonds is 10. The average Bonchev–Trinajstić information content (AvgIpc) is 3.00. The van der Waals surface area contributed by atoms with Crippen molar-refractivity contribution in [2.45, 2.75) is 60.0 Å². The van der Waals surface area contributed by atoms with Gasteiger partial charge in [0.25, 0.3) is 0 Å². The van der Waals surface area contributed by atoms with Gasteiger partial charge in [-0.15, -0.1) is 0 Å². The lowest BCUT2D eigenvalue weighted by Gasteiger charge is -2.35. The summed E-state index contributed by atoms with van der Waals surface area (Å²) in [7, 11) is 0. The molecule has 0 aromatic heterocycles. The smallest absolute Gasteiger partial charge is 0.410 e. The van der Waals surface area contributed by atoms with Crippen LogP contribution in [-0.2, 0) is 16.0 Å². The van der Waals surface area contributed by atoms with Crippen molar-refractivity contribution in [3.05, 3.63) is 95.6 Å². The Balaban J connectivity index is 1.29. The molecular formula is C38H48N2O5. The molecule has 3 aromatic rings. The summed E-state index contributed by atoms with van der Waals surface area (Å²) in [5, 5.41) is 0. The van der Waals surface area contributed by atoms with E-state index in [4.69, 9.17) is 14.2 Å². The van der Waals surface area contributed by atoms with Crippen molar-refractivity contribution >= 4 is 23.7 Å². The standard InChI is InChI=1S/C38H48N2O5/c1-37(2,3)35(41)44-34-20-13-29(14-21-34)12-17-32(31-10-8-7-9-11-31)28-30-15-18-33(19-16-30)43-27-26-39-22-24-40(25-23-39)36(42)45-38(4,5)6/h7-11,13-16,18-21,28H,12,17,22-27H2,1-6H3. The number of allylic oxidation sites excluding steroid dienone is 1. The Bertz CT molecular complexity index is 1410. The maximum absolute atomic E-state index is 12.3. The molecule has 45 heavy (non-hydrogen) atoms. The van der Waals surface area contributed by atoms with Gasteiger partial charge in [-0.25, -0.2) is 4.79 Å². The number of ether oxygens (including phenoxy) is 3. The van der Waals surface area contributed by atoms with E-state index in [-0.39, 0.29) is 12.1 Å². The fourth-order valence-corrected chi connectivity index (χ4v) is 4.85. The van der Waals surface area contributed by atoms with Gasteiger partial charge in [0, 0.05) is 32.7 Å². The molecule has 0 radical (unpaired) electrons. The largest absolute Gasteiger partial charge is 0.492 e. The van der Waals surface area contributed by atoms with Gasteiger partial charge in [0.2, 0.25) is 0 Å². The molecule has 1 fully saturated rings. The Morgan fingerprint density at radius 2 is 1.40 bits per heavy atom. The molecule has 7 nitrogen and oxygen atoms in total. The molecule has 1 amide bonds. The number of piperazine rings is 1. The van der Waals surface area contributed by atoms with Gasteiger partial charge in [-0.2, -0.15) is 0 Å². The molecule has 0 unspecified atom stereocenters. The second-order valence-corrected chi connectivity index (χ2v) is 13.5. The third-order valence-corrected chi connectivity index (χ3v) is 7.50. The number of amides is 1. The van der Waals surface area contributed by atoms with Crippen molar-refractivity contribution in [1.82, 2.24) is 9.80 Å². The van der Waals surface area contributed by atoms with Gasteiger partial charge in [0.05, 0.1) is 5.41 Å². The Hall–Kier alpha value is -4.10. The molecule has 0 atom stereocenters. The van der Waals surface area contributed by atoms with Crippen LogP contribution in [0.2, 0.25) is 0 Å². The normalized spacial score (nSPS) is 14.6. The van der Waals surface area contributed by atoms with Crippen LogP contribution < -0.4 is 9.47 Å². The summed E-state index contributed by atoms with van der Waals surface area (Å²) in [5.41, 5.74) is 3.72. The van der Waals surface area contributed by atoms with Gasteiger partial charge in [0.15, 0.2) is 0 Å². The van der Waals surface area contributed by atoms with Gasteiger partial charge < -0.3 is 19.1 Å². The molecule has 240 valence electrons. The van der Waals surface area contributed by atoms with Crippen molar-refractivity contribution in [2.24, 2.45) is 5.41 Å². The van der Waals surface area contributed by atoms with Crippen molar-refractivity contribution in [3.8, 4) is 11.5 Å². The lowest BCUT2D eigenvalue weighted by Crippen LogP contribution is -2.50. The highest BCUT2D eigenvalue weighted by molar-refractivity contribution is 5.81. The molecular weight excluding hydrogens is 564 g/mol. The highest BCUT2D eigenvalue weighted by Crippen LogP contribution is 2.26. The van der Waals surface area contributed by atoms with E-state index < -0.39 is 11.0 Å². The fourth-order valence-electron chi connectivity index (χ4n) is 4.85. The molecule has 1 heterocycles. The van der Waals surface area contributed by atoms with E-state index in [1.54, 1.807) is 4.90 Å². The lowest BCUT2D eigenvalue weighted by molar-refractivity contribution is -0.143. The van der Waals surface area contributed by atoms with Crippen LogP contribution in [-0.4, -0.2) is 66.8 Å². The fraction of sp³-hybridized carbons (Fsp3) is 0.421. The first-order valence-corrected chi connectivity index (χ1v) is 15.9. The molecule has 0 spiro atoms. The molecule has 0 saturated carbocycles. The molecule has 1 aliphatic rings. The predicted octanol–water partition coefficient (Wildman–Crippen LogP) is 7.74. The van der Waals surface area contributed by atoms with E-state index >= 15 is 0 Å². The third-order valence-electron chi connectivity index (χ3n) is 7.50. The van der Waals surface area contributed by atoms with E-state index in [1.807, 2.05) is 84.0 Å². The van der Waals surface area contributed by atoms with E-state index in [1.165, 1.54) is 16.7 Å². The zero-order valence-electron chi connectivity index (χ0n) is 27.7. The maximum Gasteiger partial charge on any atom is 0.410 e. The van der Waals surface area contributed by atoms with Gasteiger partial charge in [-0.05, 0) is 101 Å². The van der Waals surface area contributed by atoms with Gasteiger partial charge in [0.1, 0.15) is 23.7 Å². The summed E-state index contributed by atoms with van der Waals surface area (Å²) in [6, 6.07) is 26.5. The summed E-state index contributed by atoms with van der Waals surface area (Å²) < 4.78 is 17.1. The summed E-state index contributed by atoms with van der Waals surface area (Å²) in [5.74, 6) is 1.17. The van der Waals surface area contributed by atoms with Crippen LogP contribution in [0, 0.1) is 5.41 Å². The van der Waals surface area contributed by atoms with Crippen LogP contribution in [0.15, 0.2) is 78.9 Å². The molecule has 3 aromatic carbocycles. The number of hydrogen-bond acceptors (Lipinski definition) is 6. The van der Waals surface area contributed by atoms with Crippen molar-refractivity contribution in [2.75, 3.05) is 39.3 Å². The van der Waals surface area contributed by atoms with E-state index in [2.05, 4.69) is 47.4 Å². The molecule has 0 N–H and O–H groups in total. The zero-order chi connectivity index (χ0) is 32.5. The Morgan fingerprint density at radius 3 is 2.00 bits per heavy atom. The lowest BCUT2D eigenvalue weighted by atomic mass is 9.96. The van der Waals surface area contributed by atoms with E-state index in [0.717, 1.165) is 43.8 Å². The van der Waals surface area contributed by atoms with Crippen LogP contribution in [0.3, 0.4) is 0 Å². The number of benzene rings is 3. The number of aryl methyl sites for hydroxylation is 1. The Labute approximate surface area is 268 Å². The van der Waals surface area contributed by atoms with Crippen LogP contribution in [0.5, 0.6) is 11.5 Å². The number of nitrogens with zero attached hydrogens (tertiary/aromatic N) is 2. The Kier molecular flexibility index (Phi) is 11.5. The molecule has 0 bridgehead atoms. The average molecular weight is 613 g/mol. The SMILES string of the molecule is CC(C)(C)OC(=O)N1CCN(CCOc2ccc(C=C(CCc3ccc(OC(=O)C(C)(C)C)cc3)c3ccccc3)cc2)CC1. The number of carbonyl (C=O) groups excluding carboxylic acids is 2. The monoisotopic (exact) mass is 612 g/mol. The van der Waals surface area contributed by atoms with Crippen molar-refractivity contribution in [1.29, 1.82) is 0 Å². The summed E-state index contributed by atoms with van der Waals surface area (Å²) in [4.78, 5) is 28.6. The highest BCUT2D eigenvalue weighted by Gasteiger charge is 2.26. The topological polar surface area (TPSA) is 68.3 Å². The number of hydrogen-bond donors (Lipinski definition) is 0. The van der Waals surface area contributed by atoms with Crippen LogP contribution >= 0.6 is 0 Å². The first-order valence-electron chi connectivity index (χ1n) is 15.9. The number of esters is 1. The second-order valence-electron chi connectivity index (χ2n) is 13.5. The predicted molar refractivity (Wildman–Crippen MR) is 180 cm³/mol. The van der Waals surface area contributed by atoms with Gasteiger partial charge in [-0.3, -0.25) is 9.69 Å². The second kappa shape index (κ2) is 15.3. The van der Waals surface area contributed by atoms with Crippen LogP contribution in [0.25, 0.3) is 11.6 Å². The summed E-state index contributed by atoms with van der Waals surface area (Å²) >= 11 is 0. The molecule has 7 heteroatoms. The van der Waals surface area contributed by atoms with E-state index in [0.29, 0.717) is 25.4 Å². The molecule has 1 saturated heterocycles. The van der Waals surface area contributed by atoms with Gasteiger partial charge in [-0.1, -0.05) is 60.7 Å². The minimum atomic E-state index is -0.541. The minimum Gasteiger partial charge on any atom is -0.492 e. The summed E-state index contributed by atoms with van der Waals surface area (Å²) in [6.07, 6.45) is 3.73. The zero-order valence-corrected chi connectivity index (χ0v) is 27.7. The summed E-state index contributed by atoms with van der Waals surface area (Å²) in [6.45, 7) is 15.6. The molecule has 1 aliphatic heterocycles.